The summed E-state index contributed by atoms with van der Waals surface area (Å²) in [6, 6.07) is 1.68. The van der Waals surface area contributed by atoms with E-state index in [1.165, 1.54) is 20.0 Å². The van der Waals surface area contributed by atoms with Crippen LogP contribution in [0.2, 0.25) is 0 Å². The molecule has 0 N–H and O–H groups in total. The molecule has 19 heavy (non-hydrogen) atoms. The number of nitrogens with zero attached hydrogens (tertiary/aromatic N) is 2. The fourth-order valence-corrected chi connectivity index (χ4v) is 1.81. The molecule has 0 radical (unpaired) electrons. The van der Waals surface area contributed by atoms with Crippen molar-refractivity contribution in [2.24, 2.45) is 0 Å². The van der Waals surface area contributed by atoms with E-state index in [-0.39, 0.29) is 37.0 Å². The maximum Gasteiger partial charge on any atom is 1.00 e. The van der Waals surface area contributed by atoms with E-state index >= 15 is 0 Å². The van der Waals surface area contributed by atoms with Gasteiger partial charge in [0.1, 0.15) is 5.69 Å². The molecule has 1 rings (SSSR count). The monoisotopic (exact) mass is 272 g/mol. The van der Waals surface area contributed by atoms with Gasteiger partial charge in [0, 0.05) is 19.2 Å². The Morgan fingerprint density at radius 3 is 2.79 bits per heavy atom. The summed E-state index contributed by atoms with van der Waals surface area (Å²) in [6.45, 7) is 0.757. The van der Waals surface area contributed by atoms with E-state index in [1.807, 2.05) is 0 Å². The molecule has 0 bridgehead atoms. The second kappa shape index (κ2) is 11.1. The molecular formula is C14H21N2NaO2. The van der Waals surface area contributed by atoms with Gasteiger partial charge in [0.05, 0.1) is 7.11 Å². The summed E-state index contributed by atoms with van der Waals surface area (Å²) >= 11 is 0. The molecule has 0 unspecified atom stereocenters. The number of carbonyl (C=O) groups is 1. The normalized spacial score (nSPS) is 9.47. The van der Waals surface area contributed by atoms with Gasteiger partial charge in [-0.25, -0.2) is 4.79 Å². The molecule has 5 heteroatoms. The van der Waals surface area contributed by atoms with Crippen molar-refractivity contribution in [1.29, 1.82) is 0 Å². The third-order valence-electron chi connectivity index (χ3n) is 2.80. The van der Waals surface area contributed by atoms with Crippen molar-refractivity contribution in [1.82, 2.24) is 9.78 Å². The van der Waals surface area contributed by atoms with Crippen LogP contribution in [0.25, 0.3) is 0 Å². The molecular weight excluding hydrogens is 251 g/mol. The van der Waals surface area contributed by atoms with E-state index in [0.29, 0.717) is 5.69 Å². The van der Waals surface area contributed by atoms with E-state index in [9.17, 15) is 4.79 Å². The zero-order chi connectivity index (χ0) is 13.2. The van der Waals surface area contributed by atoms with Crippen molar-refractivity contribution in [3.05, 3.63) is 18.0 Å². The van der Waals surface area contributed by atoms with Crippen molar-refractivity contribution in [2.75, 3.05) is 7.11 Å². The summed E-state index contributed by atoms with van der Waals surface area (Å²) in [5.74, 6) is 2.31. The van der Waals surface area contributed by atoms with Crippen molar-refractivity contribution >= 4 is 5.97 Å². The van der Waals surface area contributed by atoms with E-state index in [1.54, 1.807) is 16.9 Å². The standard InChI is InChI=1S/C14H20N2O2.Na.H/c1-3-4-5-6-7-8-9-12-16-13(10-11-15-16)14(17)18-2;;/h1,10-11H,4-9,12H2,2H3;;/q;+1;-1. The third-order valence-corrected chi connectivity index (χ3v) is 2.80. The molecule has 4 nitrogen and oxygen atoms in total. The fraction of sp³-hybridized carbons (Fsp3) is 0.571. The van der Waals surface area contributed by atoms with E-state index in [2.05, 4.69) is 15.8 Å². The minimum Gasteiger partial charge on any atom is -1.00 e. The summed E-state index contributed by atoms with van der Waals surface area (Å²) < 4.78 is 6.39. The van der Waals surface area contributed by atoms with Crippen LogP contribution in [0.3, 0.4) is 0 Å². The number of ether oxygens (including phenoxy) is 1. The Balaban J connectivity index is 0. The second-order valence-corrected chi connectivity index (χ2v) is 4.15. The third kappa shape index (κ3) is 6.81. The average molecular weight is 272 g/mol. The summed E-state index contributed by atoms with van der Waals surface area (Å²) in [5, 5.41) is 4.12. The Morgan fingerprint density at radius 1 is 1.42 bits per heavy atom. The van der Waals surface area contributed by atoms with Gasteiger partial charge < -0.3 is 6.16 Å². The van der Waals surface area contributed by atoms with Crippen LogP contribution in [-0.2, 0) is 11.3 Å². The zero-order valence-electron chi connectivity index (χ0n) is 12.9. The first-order valence-corrected chi connectivity index (χ1v) is 6.33. The molecule has 1 heterocycles. The van der Waals surface area contributed by atoms with Crippen LogP contribution in [0.1, 0.15) is 50.4 Å². The number of aromatic nitrogens is 2. The molecule has 0 saturated carbocycles. The first kappa shape index (κ1) is 18.2. The molecule has 0 aliphatic heterocycles. The van der Waals surface area contributed by atoms with Crippen molar-refractivity contribution < 1.29 is 40.5 Å². The predicted molar refractivity (Wildman–Crippen MR) is 71.2 cm³/mol. The molecule has 1 aromatic heterocycles. The van der Waals surface area contributed by atoms with Crippen molar-refractivity contribution in [3.63, 3.8) is 0 Å². The van der Waals surface area contributed by atoms with Crippen LogP contribution in [0, 0.1) is 12.3 Å². The van der Waals surface area contributed by atoms with Gasteiger partial charge in [0.25, 0.3) is 0 Å². The van der Waals surface area contributed by atoms with E-state index in [4.69, 9.17) is 6.42 Å². The number of terminal acetylenes is 1. The van der Waals surface area contributed by atoms with Crippen LogP contribution in [0.4, 0.5) is 0 Å². The van der Waals surface area contributed by atoms with Crippen LogP contribution in [0.15, 0.2) is 12.3 Å². The first-order valence-electron chi connectivity index (χ1n) is 6.33. The molecule has 0 spiro atoms. The van der Waals surface area contributed by atoms with E-state index in [0.717, 1.165) is 32.2 Å². The number of hydrogen-bond donors (Lipinski definition) is 0. The van der Waals surface area contributed by atoms with Gasteiger partial charge in [0.2, 0.25) is 0 Å². The Morgan fingerprint density at radius 2 is 2.11 bits per heavy atom. The van der Waals surface area contributed by atoms with Crippen molar-refractivity contribution in [2.45, 2.75) is 45.1 Å². The van der Waals surface area contributed by atoms with Crippen LogP contribution in [0.5, 0.6) is 0 Å². The Kier molecular flexibility index (Phi) is 10.7. The minimum atomic E-state index is -0.332. The molecule has 0 aromatic carbocycles. The molecule has 100 valence electrons. The molecule has 0 saturated heterocycles. The fourth-order valence-electron chi connectivity index (χ4n) is 1.81. The molecule has 0 fully saturated rings. The topological polar surface area (TPSA) is 44.1 Å². The number of unbranched alkanes of at least 4 members (excludes halogenated alkanes) is 5. The average Bonchev–Trinajstić information content (AvgIpc) is 2.85. The maximum absolute atomic E-state index is 11.4. The minimum absolute atomic E-state index is 0. The van der Waals surface area contributed by atoms with Crippen LogP contribution in [-0.4, -0.2) is 22.9 Å². The van der Waals surface area contributed by atoms with Gasteiger partial charge >= 0.3 is 35.5 Å². The second-order valence-electron chi connectivity index (χ2n) is 4.15. The van der Waals surface area contributed by atoms with Gasteiger partial charge in [0.15, 0.2) is 0 Å². The number of hydrogen-bond acceptors (Lipinski definition) is 3. The maximum atomic E-state index is 11.4. The SMILES string of the molecule is C#CCCCCCCCn1nccc1C(=O)OC.[H-].[Na+]. The molecule has 0 amide bonds. The van der Waals surface area contributed by atoms with Gasteiger partial charge in [-0.15, -0.1) is 12.3 Å². The molecule has 0 atom stereocenters. The molecule has 0 aliphatic rings. The summed E-state index contributed by atoms with van der Waals surface area (Å²) in [6.07, 6.45) is 13.3. The number of methoxy groups -OCH3 is 1. The summed E-state index contributed by atoms with van der Waals surface area (Å²) in [4.78, 5) is 11.4. The van der Waals surface area contributed by atoms with Gasteiger partial charge in [-0.1, -0.05) is 19.3 Å². The first-order chi connectivity index (χ1) is 8.79. The smallest absolute Gasteiger partial charge is 1.00 e. The van der Waals surface area contributed by atoms with Crippen LogP contribution < -0.4 is 29.6 Å². The number of aryl methyl sites for hydroxylation is 1. The Bertz CT molecular complexity index is 416. The van der Waals surface area contributed by atoms with Gasteiger partial charge in [-0.2, -0.15) is 5.10 Å². The largest absolute Gasteiger partial charge is 1.00 e. The summed E-state index contributed by atoms with van der Waals surface area (Å²) in [5.41, 5.74) is 0.518. The predicted octanol–water partition coefficient (Wildman–Crippen LogP) is -0.240. The number of carbonyl (C=O) groups excluding carboxylic acids is 1. The Hall–Kier alpha value is -0.760. The Labute approximate surface area is 138 Å². The number of esters is 1. The van der Waals surface area contributed by atoms with Gasteiger partial charge in [-0.05, 0) is 18.9 Å². The van der Waals surface area contributed by atoms with Gasteiger partial charge in [-0.3, -0.25) is 4.68 Å². The van der Waals surface area contributed by atoms with Crippen molar-refractivity contribution in [3.8, 4) is 12.3 Å². The number of rotatable bonds is 8. The molecule has 0 aliphatic carbocycles. The quantitative estimate of drug-likeness (QED) is 0.284. The molecule has 1 aromatic rings. The van der Waals surface area contributed by atoms with Crippen LogP contribution >= 0.6 is 0 Å². The zero-order valence-corrected chi connectivity index (χ0v) is 13.9. The van der Waals surface area contributed by atoms with E-state index < -0.39 is 0 Å². The summed E-state index contributed by atoms with van der Waals surface area (Å²) in [7, 11) is 1.38.